The number of nitrogens with zero attached hydrogens (tertiary/aromatic N) is 2. The normalized spacial score (nSPS) is 12.1. The molecule has 0 aromatic rings. The number of hydrogen-bond donors (Lipinski definition) is 0. The van der Waals surface area contributed by atoms with E-state index in [2.05, 4.69) is 24.8 Å². The van der Waals surface area contributed by atoms with Gasteiger partial charge in [0.25, 0.3) is 0 Å². The van der Waals surface area contributed by atoms with Gasteiger partial charge in [-0.1, -0.05) is 0 Å². The van der Waals surface area contributed by atoms with Crippen LogP contribution >= 0.6 is 0 Å². The van der Waals surface area contributed by atoms with Gasteiger partial charge >= 0.3 is 0 Å². The Morgan fingerprint density at radius 2 is 1.93 bits per heavy atom. The van der Waals surface area contributed by atoms with E-state index in [9.17, 15) is 0 Å². The zero-order chi connectivity index (χ0) is 11.2. The third-order valence-electron chi connectivity index (χ3n) is 1.92. The quantitative estimate of drug-likeness (QED) is 0.634. The average molecular weight is 198 g/mol. The van der Waals surface area contributed by atoms with Crippen LogP contribution in [0.4, 0.5) is 0 Å². The highest BCUT2D eigenvalue weighted by Crippen LogP contribution is 2.06. The van der Waals surface area contributed by atoms with Crippen molar-refractivity contribution < 1.29 is 4.74 Å². The fraction of sp³-hybridized carbons (Fsp3) is 0.909. The van der Waals surface area contributed by atoms with Crippen molar-refractivity contribution in [3.05, 3.63) is 0 Å². The number of ether oxygens (including phenoxy) is 1. The van der Waals surface area contributed by atoms with Crippen molar-refractivity contribution in [3.63, 3.8) is 0 Å². The molecule has 0 aromatic carbocycles. The Hall–Kier alpha value is -0.590. The summed E-state index contributed by atoms with van der Waals surface area (Å²) in [5.41, 5.74) is -0.0880. The number of hydrogen-bond acceptors (Lipinski definition) is 3. The molecule has 0 aliphatic carbocycles. The molecule has 14 heavy (non-hydrogen) atoms. The van der Waals surface area contributed by atoms with Gasteiger partial charge in [-0.2, -0.15) is 5.26 Å². The van der Waals surface area contributed by atoms with Gasteiger partial charge in [0.1, 0.15) is 0 Å². The van der Waals surface area contributed by atoms with E-state index in [-0.39, 0.29) is 5.60 Å². The molecule has 3 heteroatoms. The van der Waals surface area contributed by atoms with E-state index in [4.69, 9.17) is 10.00 Å². The van der Waals surface area contributed by atoms with Gasteiger partial charge in [0.2, 0.25) is 0 Å². The van der Waals surface area contributed by atoms with Crippen molar-refractivity contribution >= 4 is 0 Å². The summed E-state index contributed by atoms with van der Waals surface area (Å²) in [5, 5.41) is 8.61. The summed E-state index contributed by atoms with van der Waals surface area (Å²) in [7, 11) is 0. The maximum absolute atomic E-state index is 8.61. The Labute approximate surface area is 87.7 Å². The first-order valence-electron chi connectivity index (χ1n) is 5.12. The van der Waals surface area contributed by atoms with E-state index in [1.165, 1.54) is 0 Å². The molecule has 0 radical (unpaired) electrons. The van der Waals surface area contributed by atoms with Crippen molar-refractivity contribution in [2.75, 3.05) is 19.7 Å². The average Bonchev–Trinajstić information content (AvgIpc) is 2.00. The second-order valence-corrected chi connectivity index (χ2v) is 4.68. The van der Waals surface area contributed by atoms with Crippen molar-refractivity contribution in [2.45, 2.75) is 46.3 Å². The van der Waals surface area contributed by atoms with E-state index in [1.807, 2.05) is 20.8 Å². The van der Waals surface area contributed by atoms with Gasteiger partial charge in [0.05, 0.1) is 24.8 Å². The molecular weight excluding hydrogens is 176 g/mol. The van der Waals surface area contributed by atoms with Crippen LogP contribution in [-0.2, 0) is 4.74 Å². The van der Waals surface area contributed by atoms with Crippen molar-refractivity contribution in [1.29, 1.82) is 5.26 Å². The first-order valence-corrected chi connectivity index (χ1v) is 5.12. The Morgan fingerprint density at radius 3 is 2.29 bits per heavy atom. The van der Waals surface area contributed by atoms with Crippen molar-refractivity contribution in [2.24, 2.45) is 0 Å². The Morgan fingerprint density at radius 1 is 1.36 bits per heavy atom. The summed E-state index contributed by atoms with van der Waals surface area (Å²) < 4.78 is 5.61. The fourth-order valence-corrected chi connectivity index (χ4v) is 1.08. The smallest absolute Gasteiger partial charge is 0.0868 e. The van der Waals surface area contributed by atoms with Crippen LogP contribution < -0.4 is 0 Å². The van der Waals surface area contributed by atoms with E-state index in [1.54, 1.807) is 0 Å². The predicted molar refractivity (Wildman–Crippen MR) is 58.0 cm³/mol. The minimum atomic E-state index is -0.0880. The van der Waals surface area contributed by atoms with Gasteiger partial charge < -0.3 is 4.74 Å². The second-order valence-electron chi connectivity index (χ2n) is 4.68. The number of rotatable bonds is 5. The lowest BCUT2D eigenvalue weighted by atomic mass is 10.2. The lowest BCUT2D eigenvalue weighted by Crippen LogP contribution is -2.36. The molecule has 0 spiro atoms. The summed E-state index contributed by atoms with van der Waals surface area (Å²) in [5.74, 6) is 0. The molecule has 0 saturated heterocycles. The zero-order valence-electron chi connectivity index (χ0n) is 10.0. The molecule has 0 aliphatic rings. The van der Waals surface area contributed by atoms with Crippen LogP contribution in [0.3, 0.4) is 0 Å². The van der Waals surface area contributed by atoms with Crippen LogP contribution in [0.1, 0.15) is 34.6 Å². The van der Waals surface area contributed by atoms with Crippen LogP contribution in [0.2, 0.25) is 0 Å². The predicted octanol–water partition coefficient (Wildman–Crippen LogP) is 2.04. The SMILES string of the molecule is CC(C)N(CC#N)CCOC(C)(C)C. The summed E-state index contributed by atoms with van der Waals surface area (Å²) in [4.78, 5) is 2.10. The lowest BCUT2D eigenvalue weighted by Gasteiger charge is -2.26. The Bertz CT molecular complexity index is 188. The summed E-state index contributed by atoms with van der Waals surface area (Å²) in [6.07, 6.45) is 0. The van der Waals surface area contributed by atoms with Gasteiger partial charge in [0, 0.05) is 12.6 Å². The molecule has 0 N–H and O–H groups in total. The van der Waals surface area contributed by atoms with Gasteiger partial charge in [-0.05, 0) is 34.6 Å². The molecule has 0 bridgehead atoms. The molecular formula is C11H22N2O. The zero-order valence-corrected chi connectivity index (χ0v) is 10.0. The molecule has 0 aromatic heterocycles. The molecule has 0 fully saturated rings. The third kappa shape index (κ3) is 6.88. The summed E-state index contributed by atoms with van der Waals surface area (Å²) in [6, 6.07) is 2.57. The molecule has 0 amide bonds. The van der Waals surface area contributed by atoms with Crippen LogP contribution in [0.15, 0.2) is 0 Å². The van der Waals surface area contributed by atoms with Crippen LogP contribution in [-0.4, -0.2) is 36.2 Å². The van der Waals surface area contributed by atoms with Crippen molar-refractivity contribution in [3.8, 4) is 6.07 Å². The third-order valence-corrected chi connectivity index (χ3v) is 1.92. The van der Waals surface area contributed by atoms with Gasteiger partial charge in [-0.15, -0.1) is 0 Å². The minimum absolute atomic E-state index is 0.0880. The van der Waals surface area contributed by atoms with Crippen LogP contribution in [0, 0.1) is 11.3 Å². The Balaban J connectivity index is 3.79. The standard InChI is InChI=1S/C11H22N2O/c1-10(2)13(7-6-12)8-9-14-11(3,4)5/h10H,7-9H2,1-5H3. The number of nitriles is 1. The summed E-state index contributed by atoms with van der Waals surface area (Å²) >= 11 is 0. The highest BCUT2D eigenvalue weighted by molar-refractivity contribution is 4.78. The maximum Gasteiger partial charge on any atom is 0.0868 e. The van der Waals surface area contributed by atoms with Gasteiger partial charge in [0.15, 0.2) is 0 Å². The molecule has 0 unspecified atom stereocenters. The maximum atomic E-state index is 8.61. The fourth-order valence-electron chi connectivity index (χ4n) is 1.08. The van der Waals surface area contributed by atoms with Gasteiger partial charge in [-0.25, -0.2) is 0 Å². The minimum Gasteiger partial charge on any atom is -0.375 e. The lowest BCUT2D eigenvalue weighted by molar-refractivity contribution is -0.0146. The van der Waals surface area contributed by atoms with E-state index < -0.39 is 0 Å². The van der Waals surface area contributed by atoms with E-state index in [0.717, 1.165) is 6.54 Å². The molecule has 0 atom stereocenters. The van der Waals surface area contributed by atoms with E-state index in [0.29, 0.717) is 19.2 Å². The largest absolute Gasteiger partial charge is 0.375 e. The highest BCUT2D eigenvalue weighted by atomic mass is 16.5. The van der Waals surface area contributed by atoms with Gasteiger partial charge in [-0.3, -0.25) is 4.90 Å². The highest BCUT2D eigenvalue weighted by Gasteiger charge is 2.12. The summed E-state index contributed by atoms with van der Waals surface area (Å²) in [6.45, 7) is 12.3. The van der Waals surface area contributed by atoms with E-state index >= 15 is 0 Å². The first-order chi connectivity index (χ1) is 6.37. The Kier molecular flexibility index (Phi) is 5.75. The topological polar surface area (TPSA) is 36.3 Å². The van der Waals surface area contributed by atoms with Crippen LogP contribution in [0.5, 0.6) is 0 Å². The second kappa shape index (κ2) is 6.00. The molecule has 82 valence electrons. The molecule has 0 saturated carbocycles. The molecule has 0 heterocycles. The monoisotopic (exact) mass is 198 g/mol. The molecule has 0 rings (SSSR count). The van der Waals surface area contributed by atoms with Crippen molar-refractivity contribution in [1.82, 2.24) is 4.90 Å². The molecule has 0 aliphatic heterocycles. The first kappa shape index (κ1) is 13.4. The van der Waals surface area contributed by atoms with Crippen LogP contribution in [0.25, 0.3) is 0 Å². The molecule has 3 nitrogen and oxygen atoms in total.